The smallest absolute Gasteiger partial charge is 0.234 e. The third kappa shape index (κ3) is 5.33. The van der Waals surface area contributed by atoms with Crippen LogP contribution in [0.4, 0.5) is 0 Å². The quantitative estimate of drug-likeness (QED) is 0.795. The zero-order valence-electron chi connectivity index (χ0n) is 12.9. The van der Waals surface area contributed by atoms with E-state index in [-0.39, 0.29) is 11.9 Å². The van der Waals surface area contributed by atoms with E-state index >= 15 is 0 Å². The van der Waals surface area contributed by atoms with Crippen LogP contribution >= 0.6 is 11.6 Å². The second kappa shape index (κ2) is 7.81. The van der Waals surface area contributed by atoms with Gasteiger partial charge in [-0.1, -0.05) is 37.6 Å². The third-order valence-corrected chi connectivity index (χ3v) is 4.30. The van der Waals surface area contributed by atoms with Crippen LogP contribution in [0.15, 0.2) is 24.3 Å². The Morgan fingerprint density at radius 2 is 2.00 bits per heavy atom. The standard InChI is InChI=1S/C17H25ClN2O/c1-3-16(14-7-9-15(18)10-8-14)19-17(21)12-20(4-2)11-13-5-6-13/h7-10,13,16H,3-6,11-12H2,1-2H3,(H,19,21). The third-order valence-electron chi connectivity index (χ3n) is 4.04. The average molecular weight is 309 g/mol. The molecular formula is C17H25ClN2O. The van der Waals surface area contributed by atoms with E-state index in [0.717, 1.165) is 36.0 Å². The Labute approximate surface area is 132 Å². The first-order chi connectivity index (χ1) is 10.1. The molecule has 3 nitrogen and oxygen atoms in total. The minimum Gasteiger partial charge on any atom is -0.348 e. The van der Waals surface area contributed by atoms with Crippen LogP contribution in [-0.4, -0.2) is 30.4 Å². The van der Waals surface area contributed by atoms with E-state index in [2.05, 4.69) is 24.1 Å². The highest BCUT2D eigenvalue weighted by Crippen LogP contribution is 2.29. The van der Waals surface area contributed by atoms with E-state index < -0.39 is 0 Å². The summed E-state index contributed by atoms with van der Waals surface area (Å²) in [6, 6.07) is 7.78. The van der Waals surface area contributed by atoms with Gasteiger partial charge in [-0.05, 0) is 49.4 Å². The van der Waals surface area contributed by atoms with Gasteiger partial charge >= 0.3 is 0 Å². The van der Waals surface area contributed by atoms with Crippen molar-refractivity contribution in [2.24, 2.45) is 5.92 Å². The summed E-state index contributed by atoms with van der Waals surface area (Å²) in [5.41, 5.74) is 1.11. The average Bonchev–Trinajstić information content (AvgIpc) is 3.29. The molecule has 1 N–H and O–H groups in total. The number of nitrogens with zero attached hydrogens (tertiary/aromatic N) is 1. The highest BCUT2D eigenvalue weighted by Gasteiger charge is 2.24. The lowest BCUT2D eigenvalue weighted by atomic mass is 10.0. The molecule has 1 fully saturated rings. The number of halogens is 1. The summed E-state index contributed by atoms with van der Waals surface area (Å²) in [6.45, 7) is 6.69. The number of likely N-dealkylation sites (N-methyl/N-ethyl adjacent to an activating group) is 1. The predicted molar refractivity (Wildman–Crippen MR) is 87.5 cm³/mol. The fraction of sp³-hybridized carbons (Fsp3) is 0.588. The van der Waals surface area contributed by atoms with Crippen LogP contribution in [0.1, 0.15) is 44.7 Å². The van der Waals surface area contributed by atoms with Crippen LogP contribution in [-0.2, 0) is 4.79 Å². The van der Waals surface area contributed by atoms with Gasteiger partial charge in [-0.25, -0.2) is 0 Å². The van der Waals surface area contributed by atoms with Crippen molar-refractivity contribution in [2.75, 3.05) is 19.6 Å². The Hall–Kier alpha value is -1.06. The van der Waals surface area contributed by atoms with Gasteiger partial charge in [0.2, 0.25) is 5.91 Å². The van der Waals surface area contributed by atoms with Crippen molar-refractivity contribution in [3.8, 4) is 0 Å². The Morgan fingerprint density at radius 3 is 2.52 bits per heavy atom. The first kappa shape index (κ1) is 16.3. The maximum Gasteiger partial charge on any atom is 0.234 e. The van der Waals surface area contributed by atoms with E-state index in [9.17, 15) is 4.79 Å². The normalized spacial score (nSPS) is 16.0. The Balaban J connectivity index is 1.87. The summed E-state index contributed by atoms with van der Waals surface area (Å²) >= 11 is 5.91. The molecule has 1 amide bonds. The van der Waals surface area contributed by atoms with Crippen molar-refractivity contribution in [3.63, 3.8) is 0 Å². The van der Waals surface area contributed by atoms with E-state index in [4.69, 9.17) is 11.6 Å². The molecule has 1 aromatic carbocycles. The molecule has 0 heterocycles. The molecule has 1 unspecified atom stereocenters. The number of nitrogens with one attached hydrogen (secondary N) is 1. The summed E-state index contributed by atoms with van der Waals surface area (Å²) in [5.74, 6) is 0.926. The number of amides is 1. The van der Waals surface area contributed by atoms with Crippen LogP contribution < -0.4 is 5.32 Å². The maximum absolute atomic E-state index is 12.2. The van der Waals surface area contributed by atoms with Gasteiger partial charge in [0.25, 0.3) is 0 Å². The largest absolute Gasteiger partial charge is 0.348 e. The molecule has 1 saturated carbocycles. The molecule has 2 rings (SSSR count). The van der Waals surface area contributed by atoms with Crippen molar-refractivity contribution >= 4 is 17.5 Å². The van der Waals surface area contributed by atoms with Crippen LogP contribution in [0.2, 0.25) is 5.02 Å². The molecule has 0 spiro atoms. The van der Waals surface area contributed by atoms with Gasteiger partial charge in [0.15, 0.2) is 0 Å². The lowest BCUT2D eigenvalue weighted by Crippen LogP contribution is -2.39. The molecule has 0 bridgehead atoms. The summed E-state index contributed by atoms with van der Waals surface area (Å²) in [4.78, 5) is 14.5. The molecule has 116 valence electrons. The SMILES string of the molecule is CCC(NC(=O)CN(CC)CC1CC1)c1ccc(Cl)cc1. The number of rotatable bonds is 8. The fourth-order valence-corrected chi connectivity index (χ4v) is 2.66. The van der Waals surface area contributed by atoms with Gasteiger partial charge in [-0.3, -0.25) is 9.69 Å². The van der Waals surface area contributed by atoms with Crippen LogP contribution in [0.25, 0.3) is 0 Å². The number of benzene rings is 1. The fourth-order valence-electron chi connectivity index (χ4n) is 2.53. The van der Waals surface area contributed by atoms with Gasteiger partial charge in [-0.2, -0.15) is 0 Å². The number of hydrogen-bond donors (Lipinski definition) is 1. The number of hydrogen-bond acceptors (Lipinski definition) is 2. The molecule has 1 aliphatic rings. The highest BCUT2D eigenvalue weighted by atomic mass is 35.5. The molecule has 0 aromatic heterocycles. The topological polar surface area (TPSA) is 32.3 Å². The summed E-state index contributed by atoms with van der Waals surface area (Å²) in [7, 11) is 0. The summed E-state index contributed by atoms with van der Waals surface area (Å²) in [6.07, 6.45) is 3.52. The van der Waals surface area contributed by atoms with Gasteiger partial charge < -0.3 is 5.32 Å². The molecular weight excluding hydrogens is 284 g/mol. The monoisotopic (exact) mass is 308 g/mol. The van der Waals surface area contributed by atoms with Crippen molar-refractivity contribution in [1.82, 2.24) is 10.2 Å². The second-order valence-corrected chi connectivity index (χ2v) is 6.29. The zero-order valence-corrected chi connectivity index (χ0v) is 13.7. The minimum atomic E-state index is 0.0643. The van der Waals surface area contributed by atoms with Crippen LogP contribution in [0, 0.1) is 5.92 Å². The minimum absolute atomic E-state index is 0.0643. The molecule has 1 aromatic rings. The molecule has 1 atom stereocenters. The number of carbonyl (C=O) groups excluding carboxylic acids is 1. The number of carbonyl (C=O) groups is 1. The second-order valence-electron chi connectivity index (χ2n) is 5.85. The van der Waals surface area contributed by atoms with Gasteiger partial charge in [0.1, 0.15) is 0 Å². The van der Waals surface area contributed by atoms with E-state index in [1.165, 1.54) is 12.8 Å². The van der Waals surface area contributed by atoms with Gasteiger partial charge in [0, 0.05) is 11.6 Å². The molecule has 0 saturated heterocycles. The summed E-state index contributed by atoms with van der Waals surface area (Å²) < 4.78 is 0. The molecule has 21 heavy (non-hydrogen) atoms. The molecule has 1 aliphatic carbocycles. The predicted octanol–water partition coefficient (Wildman–Crippen LogP) is 3.64. The highest BCUT2D eigenvalue weighted by molar-refractivity contribution is 6.30. The Kier molecular flexibility index (Phi) is 6.07. The molecule has 0 radical (unpaired) electrons. The van der Waals surface area contributed by atoms with Crippen molar-refractivity contribution in [2.45, 2.75) is 39.2 Å². The zero-order chi connectivity index (χ0) is 15.2. The first-order valence-electron chi connectivity index (χ1n) is 7.89. The van der Waals surface area contributed by atoms with E-state index in [1.807, 2.05) is 24.3 Å². The van der Waals surface area contributed by atoms with E-state index in [0.29, 0.717) is 6.54 Å². The molecule has 0 aliphatic heterocycles. The van der Waals surface area contributed by atoms with Gasteiger partial charge in [-0.15, -0.1) is 0 Å². The van der Waals surface area contributed by atoms with Crippen molar-refractivity contribution in [3.05, 3.63) is 34.9 Å². The Bertz CT molecular complexity index is 456. The lowest BCUT2D eigenvalue weighted by molar-refractivity contribution is -0.123. The van der Waals surface area contributed by atoms with Crippen molar-refractivity contribution in [1.29, 1.82) is 0 Å². The Morgan fingerprint density at radius 1 is 1.33 bits per heavy atom. The van der Waals surface area contributed by atoms with Crippen molar-refractivity contribution < 1.29 is 4.79 Å². The van der Waals surface area contributed by atoms with E-state index in [1.54, 1.807) is 0 Å². The first-order valence-corrected chi connectivity index (χ1v) is 8.27. The molecule has 4 heteroatoms. The lowest BCUT2D eigenvalue weighted by Gasteiger charge is -2.22. The van der Waals surface area contributed by atoms with Crippen LogP contribution in [0.3, 0.4) is 0 Å². The van der Waals surface area contributed by atoms with Gasteiger partial charge in [0.05, 0.1) is 12.6 Å². The maximum atomic E-state index is 12.2. The summed E-state index contributed by atoms with van der Waals surface area (Å²) in [5, 5.41) is 3.86. The van der Waals surface area contributed by atoms with Crippen LogP contribution in [0.5, 0.6) is 0 Å².